The van der Waals surface area contributed by atoms with Crippen molar-refractivity contribution in [2.24, 2.45) is 5.92 Å². The summed E-state index contributed by atoms with van der Waals surface area (Å²) in [5.41, 5.74) is 2.54. The Bertz CT molecular complexity index is 645. The third-order valence-corrected chi connectivity index (χ3v) is 5.78. The van der Waals surface area contributed by atoms with Crippen LogP contribution in [0.4, 0.5) is 0 Å². The fraction of sp³-hybridized carbons (Fsp3) is 0.619. The molecule has 1 aromatic carbocycles. The third-order valence-electron chi connectivity index (χ3n) is 5.78. The first kappa shape index (κ1) is 17.3. The van der Waals surface area contributed by atoms with Gasteiger partial charge in [-0.25, -0.2) is 0 Å². The van der Waals surface area contributed by atoms with Crippen molar-refractivity contribution in [1.29, 1.82) is 0 Å². The highest BCUT2D eigenvalue weighted by atomic mass is 16.5. The molecule has 0 saturated carbocycles. The highest BCUT2D eigenvalue weighted by Gasteiger charge is 2.49. The summed E-state index contributed by atoms with van der Waals surface area (Å²) in [4.78, 5) is 0. The lowest BCUT2D eigenvalue weighted by molar-refractivity contribution is -0.0210. The number of rotatable bonds is 4. The topological polar surface area (TPSA) is 49.7 Å². The van der Waals surface area contributed by atoms with E-state index in [0.717, 1.165) is 41.7 Å². The molecular formula is C21H30O3. The molecule has 0 amide bonds. The van der Waals surface area contributed by atoms with Crippen molar-refractivity contribution in [2.45, 2.75) is 77.4 Å². The van der Waals surface area contributed by atoms with Crippen LogP contribution < -0.4 is 4.74 Å². The van der Waals surface area contributed by atoms with Gasteiger partial charge in [0.25, 0.3) is 0 Å². The first-order valence-electron chi connectivity index (χ1n) is 9.24. The van der Waals surface area contributed by atoms with Gasteiger partial charge in [0.05, 0.1) is 6.10 Å². The van der Waals surface area contributed by atoms with Crippen LogP contribution in [0, 0.1) is 5.92 Å². The minimum Gasteiger partial charge on any atom is -0.508 e. The summed E-state index contributed by atoms with van der Waals surface area (Å²) in [6.07, 6.45) is 6.88. The Labute approximate surface area is 145 Å². The second-order valence-electron chi connectivity index (χ2n) is 7.95. The smallest absolute Gasteiger partial charge is 0.127 e. The summed E-state index contributed by atoms with van der Waals surface area (Å²) >= 11 is 0. The van der Waals surface area contributed by atoms with Crippen molar-refractivity contribution in [3.05, 3.63) is 34.9 Å². The van der Waals surface area contributed by atoms with Crippen molar-refractivity contribution in [3.8, 4) is 11.5 Å². The first-order chi connectivity index (χ1) is 11.3. The zero-order valence-corrected chi connectivity index (χ0v) is 15.3. The average molecular weight is 330 g/mol. The van der Waals surface area contributed by atoms with E-state index in [2.05, 4.69) is 32.9 Å². The summed E-state index contributed by atoms with van der Waals surface area (Å²) in [5.74, 6) is 1.10. The molecule has 0 spiro atoms. The van der Waals surface area contributed by atoms with E-state index in [0.29, 0.717) is 0 Å². The van der Waals surface area contributed by atoms with Crippen LogP contribution in [0.2, 0.25) is 0 Å². The molecule has 0 saturated heterocycles. The molecule has 0 aromatic heterocycles. The van der Waals surface area contributed by atoms with Gasteiger partial charge in [-0.05, 0) is 63.3 Å². The monoisotopic (exact) mass is 330 g/mol. The van der Waals surface area contributed by atoms with Gasteiger partial charge in [-0.2, -0.15) is 0 Å². The minimum absolute atomic E-state index is 0.0987. The normalized spacial score (nSPS) is 27.7. The molecule has 24 heavy (non-hydrogen) atoms. The van der Waals surface area contributed by atoms with Crippen LogP contribution in [-0.4, -0.2) is 21.9 Å². The van der Waals surface area contributed by atoms with Gasteiger partial charge >= 0.3 is 0 Å². The van der Waals surface area contributed by atoms with Crippen LogP contribution in [-0.2, 0) is 6.42 Å². The minimum atomic E-state index is -0.553. The van der Waals surface area contributed by atoms with Crippen molar-refractivity contribution in [1.82, 2.24) is 0 Å². The number of aryl methyl sites for hydroxylation is 1. The molecule has 1 heterocycles. The zero-order valence-electron chi connectivity index (χ0n) is 15.3. The SMILES string of the molecule is CCCCCc1cc(O)c2c(c1)OC(C)(C)[C@H]1CC=C(C)[C@@H](O)[C@H]21. The van der Waals surface area contributed by atoms with Crippen molar-refractivity contribution in [2.75, 3.05) is 0 Å². The number of phenolic OH excluding ortho intramolecular Hbond substituents is 1. The lowest BCUT2D eigenvalue weighted by Gasteiger charge is -2.48. The lowest BCUT2D eigenvalue weighted by atomic mass is 9.66. The molecule has 0 unspecified atom stereocenters. The molecule has 0 bridgehead atoms. The summed E-state index contributed by atoms with van der Waals surface area (Å²) < 4.78 is 6.30. The van der Waals surface area contributed by atoms with Crippen molar-refractivity contribution < 1.29 is 14.9 Å². The van der Waals surface area contributed by atoms with E-state index in [1.807, 2.05) is 13.0 Å². The van der Waals surface area contributed by atoms with Crippen LogP contribution >= 0.6 is 0 Å². The fourth-order valence-electron chi connectivity index (χ4n) is 4.33. The van der Waals surface area contributed by atoms with Gasteiger partial charge in [-0.15, -0.1) is 0 Å². The van der Waals surface area contributed by atoms with Crippen molar-refractivity contribution >= 4 is 0 Å². The van der Waals surface area contributed by atoms with Crippen LogP contribution in [0.5, 0.6) is 11.5 Å². The molecule has 2 aliphatic rings. The molecule has 1 aliphatic heterocycles. The van der Waals surface area contributed by atoms with Gasteiger partial charge in [-0.3, -0.25) is 0 Å². The number of hydrogen-bond acceptors (Lipinski definition) is 3. The second-order valence-corrected chi connectivity index (χ2v) is 7.95. The zero-order chi connectivity index (χ0) is 17.5. The summed E-state index contributed by atoms with van der Waals surface area (Å²) in [6, 6.07) is 3.94. The highest BCUT2D eigenvalue weighted by molar-refractivity contribution is 5.53. The average Bonchev–Trinajstić information content (AvgIpc) is 2.50. The molecule has 2 N–H and O–H groups in total. The van der Waals surface area contributed by atoms with E-state index in [1.54, 1.807) is 0 Å². The van der Waals surface area contributed by atoms with E-state index >= 15 is 0 Å². The van der Waals surface area contributed by atoms with E-state index in [1.165, 1.54) is 12.8 Å². The Balaban J connectivity index is 2.01. The van der Waals surface area contributed by atoms with E-state index in [9.17, 15) is 10.2 Å². The van der Waals surface area contributed by atoms with Crippen LogP contribution in [0.3, 0.4) is 0 Å². The van der Waals surface area contributed by atoms with Crippen molar-refractivity contribution in [3.63, 3.8) is 0 Å². The molecule has 0 fully saturated rings. The third kappa shape index (κ3) is 2.95. The molecule has 3 nitrogen and oxygen atoms in total. The lowest BCUT2D eigenvalue weighted by Crippen LogP contribution is -2.49. The number of unbranched alkanes of at least 4 members (excludes halogenated alkanes) is 2. The molecule has 132 valence electrons. The quantitative estimate of drug-likeness (QED) is 0.621. The van der Waals surface area contributed by atoms with E-state index in [-0.39, 0.29) is 23.2 Å². The first-order valence-corrected chi connectivity index (χ1v) is 9.24. The van der Waals surface area contributed by atoms with Gasteiger partial charge in [0.15, 0.2) is 0 Å². The number of allylic oxidation sites excluding steroid dienone is 1. The number of fused-ring (bicyclic) bond motifs is 3. The molecular weight excluding hydrogens is 300 g/mol. The predicted octanol–water partition coefficient (Wildman–Crippen LogP) is 4.71. The molecule has 3 rings (SSSR count). The number of aliphatic hydroxyl groups is 1. The van der Waals surface area contributed by atoms with Gasteiger partial charge in [0.2, 0.25) is 0 Å². The van der Waals surface area contributed by atoms with Crippen LogP contribution in [0.1, 0.15) is 70.4 Å². The number of aliphatic hydroxyl groups excluding tert-OH is 1. The summed E-state index contributed by atoms with van der Waals surface area (Å²) in [7, 11) is 0. The molecule has 0 radical (unpaired) electrons. The second kappa shape index (κ2) is 6.44. The largest absolute Gasteiger partial charge is 0.508 e. The van der Waals surface area contributed by atoms with Gasteiger partial charge < -0.3 is 14.9 Å². The Morgan fingerprint density at radius 3 is 2.71 bits per heavy atom. The van der Waals surface area contributed by atoms with E-state index in [4.69, 9.17) is 4.74 Å². The number of benzene rings is 1. The Morgan fingerprint density at radius 2 is 2.00 bits per heavy atom. The number of phenols is 1. The Kier molecular flexibility index (Phi) is 4.65. The maximum atomic E-state index is 10.8. The van der Waals surface area contributed by atoms with Gasteiger partial charge in [-0.1, -0.05) is 25.8 Å². The molecule has 3 heteroatoms. The maximum Gasteiger partial charge on any atom is 0.127 e. The van der Waals surface area contributed by atoms with Crippen LogP contribution in [0.25, 0.3) is 0 Å². The molecule has 1 aromatic rings. The fourth-order valence-corrected chi connectivity index (χ4v) is 4.33. The summed E-state index contributed by atoms with van der Waals surface area (Å²) in [5, 5.41) is 21.5. The van der Waals surface area contributed by atoms with Crippen LogP contribution in [0.15, 0.2) is 23.8 Å². The Morgan fingerprint density at radius 1 is 1.25 bits per heavy atom. The van der Waals surface area contributed by atoms with Gasteiger partial charge in [0, 0.05) is 17.4 Å². The predicted molar refractivity (Wildman–Crippen MR) is 96.7 cm³/mol. The molecule has 1 aliphatic carbocycles. The number of hydrogen-bond donors (Lipinski definition) is 2. The Hall–Kier alpha value is -1.48. The number of ether oxygens (including phenoxy) is 1. The highest BCUT2D eigenvalue weighted by Crippen LogP contribution is 2.54. The molecule has 3 atom stereocenters. The maximum absolute atomic E-state index is 10.8. The number of aromatic hydroxyl groups is 1. The van der Waals surface area contributed by atoms with Gasteiger partial charge in [0.1, 0.15) is 17.1 Å². The van der Waals surface area contributed by atoms with E-state index < -0.39 is 6.10 Å². The standard InChI is InChI=1S/C21H30O3/c1-5-6-7-8-14-11-16(22)19-17(12-14)24-21(3,4)15-10-9-13(2)20(23)18(15)19/h9,11-12,15,18,20,22-23H,5-8,10H2,1-4H3/t15-,18-,20+/m0/s1. The summed E-state index contributed by atoms with van der Waals surface area (Å²) in [6.45, 7) is 8.35.